The Bertz CT molecular complexity index is 140. The number of ether oxygens (including phenoxy) is 1. The molecule has 0 saturated carbocycles. The van der Waals surface area contributed by atoms with Gasteiger partial charge in [0.1, 0.15) is 0 Å². The number of hydrogen-bond donors (Lipinski definition) is 2. The third-order valence-electron chi connectivity index (χ3n) is 2.40. The van der Waals surface area contributed by atoms with Gasteiger partial charge in [0.25, 0.3) is 0 Å². The lowest BCUT2D eigenvalue weighted by Gasteiger charge is -2.32. The standard InChI is InChI=1S/C10H21NO2/c1-7(12)6-11-10-4-8(2)13-9(3)5-10/h7-12H,4-6H2,1-3H3/t7-,8-,9+,10?/m0/s1. The van der Waals surface area contributed by atoms with Crippen LogP contribution < -0.4 is 5.32 Å². The van der Waals surface area contributed by atoms with Gasteiger partial charge in [-0.2, -0.15) is 0 Å². The van der Waals surface area contributed by atoms with Gasteiger partial charge in [-0.1, -0.05) is 0 Å². The molecule has 0 aliphatic carbocycles. The molecule has 13 heavy (non-hydrogen) atoms. The van der Waals surface area contributed by atoms with Crippen LogP contribution in [0.3, 0.4) is 0 Å². The average Bonchev–Trinajstić information content (AvgIpc) is 1.99. The summed E-state index contributed by atoms with van der Waals surface area (Å²) in [6.45, 7) is 6.70. The maximum absolute atomic E-state index is 9.12. The summed E-state index contributed by atoms with van der Waals surface area (Å²) in [6, 6.07) is 0.508. The Hall–Kier alpha value is -0.120. The summed E-state index contributed by atoms with van der Waals surface area (Å²) < 4.78 is 5.62. The molecule has 1 rings (SSSR count). The topological polar surface area (TPSA) is 41.5 Å². The van der Waals surface area contributed by atoms with E-state index in [1.807, 2.05) is 0 Å². The van der Waals surface area contributed by atoms with Crippen molar-refractivity contribution in [3.8, 4) is 0 Å². The molecule has 0 aromatic rings. The maximum Gasteiger partial charge on any atom is 0.0636 e. The molecular formula is C10H21NO2. The lowest BCUT2D eigenvalue weighted by Crippen LogP contribution is -2.43. The number of aliphatic hydroxyl groups excluding tert-OH is 1. The molecule has 2 N–H and O–H groups in total. The molecule has 0 amide bonds. The van der Waals surface area contributed by atoms with Gasteiger partial charge in [-0.05, 0) is 33.6 Å². The van der Waals surface area contributed by atoms with E-state index >= 15 is 0 Å². The second kappa shape index (κ2) is 4.94. The first-order chi connectivity index (χ1) is 6.08. The van der Waals surface area contributed by atoms with E-state index < -0.39 is 0 Å². The van der Waals surface area contributed by atoms with Gasteiger partial charge in [-0.15, -0.1) is 0 Å². The summed E-state index contributed by atoms with van der Waals surface area (Å²) in [5.41, 5.74) is 0. The molecule has 0 radical (unpaired) electrons. The van der Waals surface area contributed by atoms with Gasteiger partial charge in [0, 0.05) is 12.6 Å². The Morgan fingerprint density at radius 1 is 1.38 bits per heavy atom. The van der Waals surface area contributed by atoms with Gasteiger partial charge in [0.2, 0.25) is 0 Å². The predicted molar refractivity (Wildman–Crippen MR) is 52.7 cm³/mol. The molecule has 4 atom stereocenters. The Kier molecular flexibility index (Phi) is 4.16. The molecule has 1 aliphatic rings. The molecule has 3 heteroatoms. The molecule has 0 aromatic heterocycles. The van der Waals surface area contributed by atoms with Crippen LogP contribution in [0.25, 0.3) is 0 Å². The molecule has 1 aliphatic heterocycles. The highest BCUT2D eigenvalue weighted by Gasteiger charge is 2.23. The van der Waals surface area contributed by atoms with Crippen molar-refractivity contribution in [2.45, 2.75) is 58.0 Å². The van der Waals surface area contributed by atoms with Crippen LogP contribution in [0.1, 0.15) is 33.6 Å². The van der Waals surface area contributed by atoms with Crippen LogP contribution in [0.15, 0.2) is 0 Å². The fraction of sp³-hybridized carbons (Fsp3) is 1.00. The van der Waals surface area contributed by atoms with Crippen molar-refractivity contribution in [2.75, 3.05) is 6.54 Å². The van der Waals surface area contributed by atoms with E-state index in [1.165, 1.54) is 0 Å². The van der Waals surface area contributed by atoms with Crippen LogP contribution >= 0.6 is 0 Å². The number of rotatable bonds is 3. The minimum atomic E-state index is -0.256. The van der Waals surface area contributed by atoms with E-state index in [-0.39, 0.29) is 6.10 Å². The van der Waals surface area contributed by atoms with Crippen molar-refractivity contribution in [3.63, 3.8) is 0 Å². The zero-order valence-electron chi connectivity index (χ0n) is 8.79. The Balaban J connectivity index is 2.25. The van der Waals surface area contributed by atoms with Crippen LogP contribution in [-0.4, -0.2) is 36.0 Å². The van der Waals surface area contributed by atoms with Crippen LogP contribution in [0.5, 0.6) is 0 Å². The lowest BCUT2D eigenvalue weighted by molar-refractivity contribution is -0.0431. The van der Waals surface area contributed by atoms with E-state index in [2.05, 4.69) is 19.2 Å². The van der Waals surface area contributed by atoms with E-state index in [1.54, 1.807) is 6.92 Å². The average molecular weight is 187 g/mol. The molecular weight excluding hydrogens is 166 g/mol. The van der Waals surface area contributed by atoms with Crippen LogP contribution in [0.2, 0.25) is 0 Å². The summed E-state index contributed by atoms with van der Waals surface area (Å²) in [5, 5.41) is 12.5. The first-order valence-corrected chi connectivity index (χ1v) is 5.15. The van der Waals surface area contributed by atoms with Gasteiger partial charge in [0.15, 0.2) is 0 Å². The molecule has 0 bridgehead atoms. The second-order valence-electron chi connectivity index (χ2n) is 4.18. The van der Waals surface area contributed by atoms with E-state index in [0.717, 1.165) is 12.8 Å². The van der Waals surface area contributed by atoms with Gasteiger partial charge in [-0.3, -0.25) is 0 Å². The minimum Gasteiger partial charge on any atom is -0.392 e. The highest BCUT2D eigenvalue weighted by Crippen LogP contribution is 2.18. The van der Waals surface area contributed by atoms with Gasteiger partial charge in [0.05, 0.1) is 18.3 Å². The zero-order chi connectivity index (χ0) is 9.84. The van der Waals surface area contributed by atoms with Crippen LogP contribution in [0, 0.1) is 0 Å². The molecule has 3 nitrogen and oxygen atoms in total. The minimum absolute atomic E-state index is 0.256. The molecule has 1 saturated heterocycles. The predicted octanol–water partition coefficient (Wildman–Crippen LogP) is 0.913. The Labute approximate surface area is 80.5 Å². The Morgan fingerprint density at radius 3 is 2.38 bits per heavy atom. The summed E-state index contributed by atoms with van der Waals surface area (Å²) in [5.74, 6) is 0. The van der Waals surface area contributed by atoms with Crippen LogP contribution in [-0.2, 0) is 4.74 Å². The van der Waals surface area contributed by atoms with Crippen molar-refractivity contribution in [3.05, 3.63) is 0 Å². The molecule has 0 aromatic carbocycles. The van der Waals surface area contributed by atoms with E-state index in [9.17, 15) is 0 Å². The third-order valence-corrected chi connectivity index (χ3v) is 2.40. The molecule has 1 fully saturated rings. The normalized spacial score (nSPS) is 37.4. The highest BCUT2D eigenvalue weighted by atomic mass is 16.5. The molecule has 0 spiro atoms. The highest BCUT2D eigenvalue weighted by molar-refractivity contribution is 4.78. The van der Waals surface area contributed by atoms with Crippen molar-refractivity contribution < 1.29 is 9.84 Å². The fourth-order valence-electron chi connectivity index (χ4n) is 1.91. The van der Waals surface area contributed by atoms with Gasteiger partial charge < -0.3 is 15.2 Å². The second-order valence-corrected chi connectivity index (χ2v) is 4.18. The quantitative estimate of drug-likeness (QED) is 0.690. The lowest BCUT2D eigenvalue weighted by atomic mass is 10.00. The summed E-state index contributed by atoms with van der Waals surface area (Å²) in [6.07, 6.45) is 2.53. The monoisotopic (exact) mass is 187 g/mol. The first kappa shape index (κ1) is 11.0. The van der Waals surface area contributed by atoms with Crippen molar-refractivity contribution in [1.29, 1.82) is 0 Å². The summed E-state index contributed by atoms with van der Waals surface area (Å²) in [4.78, 5) is 0. The van der Waals surface area contributed by atoms with Crippen molar-refractivity contribution in [2.24, 2.45) is 0 Å². The molecule has 1 heterocycles. The molecule has 78 valence electrons. The number of hydrogen-bond acceptors (Lipinski definition) is 3. The van der Waals surface area contributed by atoms with E-state index in [0.29, 0.717) is 24.8 Å². The Morgan fingerprint density at radius 2 is 1.92 bits per heavy atom. The summed E-state index contributed by atoms with van der Waals surface area (Å²) >= 11 is 0. The third kappa shape index (κ3) is 4.07. The largest absolute Gasteiger partial charge is 0.392 e. The number of aliphatic hydroxyl groups is 1. The fourth-order valence-corrected chi connectivity index (χ4v) is 1.91. The smallest absolute Gasteiger partial charge is 0.0636 e. The van der Waals surface area contributed by atoms with Gasteiger partial charge in [-0.25, -0.2) is 0 Å². The van der Waals surface area contributed by atoms with E-state index in [4.69, 9.17) is 9.84 Å². The van der Waals surface area contributed by atoms with Crippen molar-refractivity contribution in [1.82, 2.24) is 5.32 Å². The van der Waals surface area contributed by atoms with Crippen LogP contribution in [0.4, 0.5) is 0 Å². The maximum atomic E-state index is 9.12. The first-order valence-electron chi connectivity index (χ1n) is 5.15. The number of nitrogens with one attached hydrogen (secondary N) is 1. The summed E-state index contributed by atoms with van der Waals surface area (Å²) in [7, 11) is 0. The van der Waals surface area contributed by atoms with Gasteiger partial charge >= 0.3 is 0 Å². The van der Waals surface area contributed by atoms with Crippen molar-refractivity contribution >= 4 is 0 Å². The zero-order valence-corrected chi connectivity index (χ0v) is 8.79. The SMILES string of the molecule is C[C@H](O)CNC1C[C@@H](C)O[C@@H](C)C1. The molecule has 1 unspecified atom stereocenters.